The quantitative estimate of drug-likeness (QED) is 0.521. The Balaban J connectivity index is 2.21. The zero-order chi connectivity index (χ0) is 9.42. The molecule has 0 atom stereocenters. The molecule has 0 aromatic carbocycles. The number of aromatic nitrogens is 2. The van der Waals surface area contributed by atoms with Crippen molar-refractivity contribution in [3.63, 3.8) is 0 Å². The molecule has 0 aliphatic heterocycles. The highest BCUT2D eigenvalue weighted by Gasteiger charge is 2.26. The Bertz CT molecular complexity index is 341. The van der Waals surface area contributed by atoms with Crippen LogP contribution in [0.3, 0.4) is 0 Å². The summed E-state index contributed by atoms with van der Waals surface area (Å²) in [6.07, 6.45) is 5.03. The molecule has 0 radical (unpaired) electrons. The predicted molar refractivity (Wildman–Crippen MR) is 46.3 cm³/mol. The average molecular weight is 181 g/mol. The van der Waals surface area contributed by atoms with Crippen molar-refractivity contribution >= 4 is 5.95 Å². The molecule has 1 aliphatic rings. The summed E-state index contributed by atoms with van der Waals surface area (Å²) in [6.45, 7) is 0. The van der Waals surface area contributed by atoms with Gasteiger partial charge in [-0.2, -0.15) is 0 Å². The summed E-state index contributed by atoms with van der Waals surface area (Å²) in [6, 6.07) is 0. The second-order valence-corrected chi connectivity index (χ2v) is 3.51. The maximum Gasteiger partial charge on any atom is 0.434 e. The van der Waals surface area contributed by atoms with E-state index in [1.165, 1.54) is 12.8 Å². The highest BCUT2D eigenvalue weighted by atomic mass is 16.6. The lowest BCUT2D eigenvalue weighted by Crippen LogP contribution is -2.02. The van der Waals surface area contributed by atoms with E-state index in [4.69, 9.17) is 0 Å². The van der Waals surface area contributed by atoms with Gasteiger partial charge in [0.2, 0.25) is 0 Å². The van der Waals surface area contributed by atoms with Crippen molar-refractivity contribution in [1.29, 1.82) is 0 Å². The lowest BCUT2D eigenvalue weighted by atomic mass is 10.2. The number of nitrogens with zero attached hydrogens (tertiary/aromatic N) is 3. The van der Waals surface area contributed by atoms with E-state index in [2.05, 4.69) is 4.98 Å². The zero-order valence-corrected chi connectivity index (χ0v) is 7.43. The minimum absolute atomic E-state index is 0.0596. The van der Waals surface area contributed by atoms with Crippen LogP contribution < -0.4 is 0 Å². The van der Waals surface area contributed by atoms with Crippen LogP contribution in [-0.2, 0) is 13.5 Å². The summed E-state index contributed by atoms with van der Waals surface area (Å²) in [7, 11) is 1.70. The third-order valence-electron chi connectivity index (χ3n) is 2.42. The summed E-state index contributed by atoms with van der Waals surface area (Å²) in [5, 5.41) is 10.5. The fourth-order valence-electron chi connectivity index (χ4n) is 1.41. The van der Waals surface area contributed by atoms with E-state index in [1.807, 2.05) is 0 Å². The molecule has 1 aliphatic carbocycles. The second-order valence-electron chi connectivity index (χ2n) is 3.51. The Kier molecular flexibility index (Phi) is 1.79. The summed E-state index contributed by atoms with van der Waals surface area (Å²) in [5.41, 5.74) is 0.967. The summed E-state index contributed by atoms with van der Waals surface area (Å²) >= 11 is 0. The monoisotopic (exact) mass is 181 g/mol. The van der Waals surface area contributed by atoms with Crippen molar-refractivity contribution in [3.05, 3.63) is 22.0 Å². The van der Waals surface area contributed by atoms with Gasteiger partial charge in [0.15, 0.2) is 0 Å². The van der Waals surface area contributed by atoms with Crippen molar-refractivity contribution in [2.24, 2.45) is 13.0 Å². The van der Waals surface area contributed by atoms with Gasteiger partial charge in [-0.3, -0.25) is 0 Å². The van der Waals surface area contributed by atoms with Gasteiger partial charge in [-0.15, -0.1) is 0 Å². The average Bonchev–Trinajstić information content (AvgIpc) is 2.78. The third kappa shape index (κ3) is 1.54. The van der Waals surface area contributed by atoms with Crippen LogP contribution in [0.2, 0.25) is 0 Å². The van der Waals surface area contributed by atoms with Gasteiger partial charge < -0.3 is 10.1 Å². The Morgan fingerprint density at radius 3 is 2.92 bits per heavy atom. The third-order valence-corrected chi connectivity index (χ3v) is 2.42. The van der Waals surface area contributed by atoms with E-state index >= 15 is 0 Å². The minimum atomic E-state index is -0.448. The molecule has 5 heteroatoms. The van der Waals surface area contributed by atoms with Gasteiger partial charge in [-0.1, -0.05) is 4.98 Å². The summed E-state index contributed by atoms with van der Waals surface area (Å²) in [4.78, 5) is 13.8. The van der Waals surface area contributed by atoms with E-state index in [0.717, 1.165) is 18.0 Å². The van der Waals surface area contributed by atoms with Crippen LogP contribution in [-0.4, -0.2) is 14.5 Å². The molecule has 13 heavy (non-hydrogen) atoms. The van der Waals surface area contributed by atoms with Crippen LogP contribution in [0.1, 0.15) is 18.5 Å². The van der Waals surface area contributed by atoms with Crippen LogP contribution in [0, 0.1) is 16.0 Å². The maximum absolute atomic E-state index is 10.5. The van der Waals surface area contributed by atoms with Crippen LogP contribution in [0.25, 0.3) is 0 Å². The topological polar surface area (TPSA) is 61.0 Å². The molecule has 0 amide bonds. The van der Waals surface area contributed by atoms with Gasteiger partial charge in [-0.25, -0.2) is 4.57 Å². The summed E-state index contributed by atoms with van der Waals surface area (Å²) < 4.78 is 1.57. The lowest BCUT2D eigenvalue weighted by molar-refractivity contribution is -0.396. The van der Waals surface area contributed by atoms with Crippen molar-refractivity contribution in [1.82, 2.24) is 9.55 Å². The first-order valence-corrected chi connectivity index (χ1v) is 4.33. The Morgan fingerprint density at radius 1 is 1.77 bits per heavy atom. The maximum atomic E-state index is 10.5. The number of nitro groups is 1. The van der Waals surface area contributed by atoms with Crippen LogP contribution in [0.4, 0.5) is 5.95 Å². The standard InChI is InChI=1S/C8H11N3O2/c1-10-7(4-6-2-3-6)5-9-8(10)11(12)13/h5-6H,2-4H2,1H3. The van der Waals surface area contributed by atoms with E-state index < -0.39 is 4.92 Å². The van der Waals surface area contributed by atoms with Crippen molar-refractivity contribution < 1.29 is 4.92 Å². The normalized spacial score (nSPS) is 16.1. The van der Waals surface area contributed by atoms with Gasteiger partial charge in [0, 0.05) is 6.42 Å². The van der Waals surface area contributed by atoms with Gasteiger partial charge in [0.25, 0.3) is 0 Å². The van der Waals surface area contributed by atoms with Gasteiger partial charge in [0.1, 0.15) is 11.9 Å². The van der Waals surface area contributed by atoms with Gasteiger partial charge >= 0.3 is 5.95 Å². The molecule has 70 valence electrons. The lowest BCUT2D eigenvalue weighted by Gasteiger charge is -1.97. The van der Waals surface area contributed by atoms with Crippen molar-refractivity contribution in [2.45, 2.75) is 19.3 Å². The first-order valence-electron chi connectivity index (χ1n) is 4.33. The van der Waals surface area contributed by atoms with Crippen molar-refractivity contribution in [3.8, 4) is 0 Å². The molecule has 5 nitrogen and oxygen atoms in total. The molecule has 2 rings (SSSR count). The van der Waals surface area contributed by atoms with Gasteiger partial charge in [-0.05, 0) is 23.7 Å². The van der Waals surface area contributed by atoms with Crippen LogP contribution >= 0.6 is 0 Å². The van der Waals surface area contributed by atoms with E-state index in [9.17, 15) is 10.1 Å². The molecule has 1 fully saturated rings. The molecule has 1 saturated carbocycles. The highest BCUT2D eigenvalue weighted by molar-refractivity contribution is 5.15. The molecular formula is C8H11N3O2. The smallest absolute Gasteiger partial charge is 0.390 e. The molecular weight excluding hydrogens is 170 g/mol. The van der Waals surface area contributed by atoms with Crippen molar-refractivity contribution in [2.75, 3.05) is 0 Å². The van der Waals surface area contributed by atoms with E-state index in [1.54, 1.807) is 17.8 Å². The Labute approximate surface area is 75.5 Å². The molecule has 0 N–H and O–H groups in total. The number of hydrogen-bond acceptors (Lipinski definition) is 3. The first kappa shape index (κ1) is 8.22. The molecule has 1 aromatic heterocycles. The second kappa shape index (κ2) is 2.83. The van der Waals surface area contributed by atoms with Crippen LogP contribution in [0.5, 0.6) is 0 Å². The summed E-state index contributed by atoms with van der Waals surface area (Å²) in [5.74, 6) is 0.672. The molecule has 0 bridgehead atoms. The molecule has 0 saturated heterocycles. The highest BCUT2D eigenvalue weighted by Crippen LogP contribution is 2.32. The SMILES string of the molecule is Cn1c(CC2CC2)cnc1[N+](=O)[O-]. The first-order chi connectivity index (χ1) is 6.18. The minimum Gasteiger partial charge on any atom is -0.390 e. The largest absolute Gasteiger partial charge is 0.434 e. The number of rotatable bonds is 3. The predicted octanol–water partition coefficient (Wildman–Crippen LogP) is 1.28. The van der Waals surface area contributed by atoms with E-state index in [0.29, 0.717) is 0 Å². The van der Waals surface area contributed by atoms with E-state index in [-0.39, 0.29) is 5.95 Å². The Hall–Kier alpha value is -1.39. The van der Waals surface area contributed by atoms with Crippen LogP contribution in [0.15, 0.2) is 6.20 Å². The number of imidazole rings is 1. The zero-order valence-electron chi connectivity index (χ0n) is 7.43. The molecule has 0 unspecified atom stereocenters. The van der Waals surface area contributed by atoms with Gasteiger partial charge in [0.05, 0.1) is 7.05 Å². The Morgan fingerprint density at radius 2 is 2.46 bits per heavy atom. The number of hydrogen-bond donors (Lipinski definition) is 0. The molecule has 1 aromatic rings. The molecule has 0 spiro atoms. The molecule has 1 heterocycles. The fraction of sp³-hybridized carbons (Fsp3) is 0.625. The fourth-order valence-corrected chi connectivity index (χ4v) is 1.41.